The highest BCUT2D eigenvalue weighted by Gasteiger charge is 2.47. The molecule has 0 aromatic rings. The molecule has 0 atom stereocenters. The minimum atomic E-state index is -2.04. The van der Waals surface area contributed by atoms with E-state index in [1.54, 1.807) is 14.2 Å². The van der Waals surface area contributed by atoms with E-state index in [2.05, 4.69) is 49.9 Å². The summed E-state index contributed by atoms with van der Waals surface area (Å²) in [6.45, 7) is 18.1. The normalized spacial score (nSPS) is 13.6. The zero-order valence-corrected chi connectivity index (χ0v) is 16.2. The summed E-state index contributed by atoms with van der Waals surface area (Å²) < 4.78 is 16.8. The molecule has 0 spiro atoms. The van der Waals surface area contributed by atoms with Gasteiger partial charge in [-0.25, -0.2) is 0 Å². The van der Waals surface area contributed by atoms with E-state index in [1.807, 2.05) is 0 Å². The molecule has 6 heteroatoms. The second kappa shape index (κ2) is 8.54. The van der Waals surface area contributed by atoms with Crippen molar-refractivity contribution in [2.45, 2.75) is 46.5 Å². The van der Waals surface area contributed by atoms with E-state index in [-0.39, 0.29) is 0 Å². The summed E-state index contributed by atoms with van der Waals surface area (Å²) in [4.78, 5) is 0. The van der Waals surface area contributed by atoms with Crippen LogP contribution in [0, 0.1) is 0 Å². The van der Waals surface area contributed by atoms with E-state index in [4.69, 9.17) is 8.85 Å². The first-order valence-electron chi connectivity index (χ1n) is 7.47. The van der Waals surface area contributed by atoms with Crippen molar-refractivity contribution in [1.29, 1.82) is 0 Å². The van der Waals surface area contributed by atoms with Gasteiger partial charge in [0.1, 0.15) is 0 Å². The molecule has 0 unspecified atom stereocenters. The summed E-state index contributed by atoms with van der Waals surface area (Å²) in [6, 6.07) is 0. The Kier molecular flexibility index (Phi) is 8.66. The van der Waals surface area contributed by atoms with E-state index in [1.165, 1.54) is 0 Å². The van der Waals surface area contributed by atoms with Crippen molar-refractivity contribution in [2.24, 2.45) is 0 Å². The largest absolute Gasteiger partial charge is 0.398 e. The first kappa shape index (κ1) is 19.3. The molecule has 116 valence electrons. The van der Waals surface area contributed by atoms with Crippen molar-refractivity contribution in [3.63, 3.8) is 0 Å². The van der Waals surface area contributed by atoms with Gasteiger partial charge in [0.2, 0.25) is 8.40 Å². The average Bonchev–Trinajstić information content (AvgIpc) is 2.41. The van der Waals surface area contributed by atoms with Crippen molar-refractivity contribution in [2.75, 3.05) is 40.4 Å². The molecule has 19 heavy (non-hydrogen) atoms. The monoisotopic (exact) mass is 306 g/mol. The van der Waals surface area contributed by atoms with Gasteiger partial charge in [-0.2, -0.15) is 0 Å². The molecule has 0 amide bonds. The third-order valence-electron chi connectivity index (χ3n) is 4.41. The smallest absolute Gasteiger partial charge is 0.334 e. The van der Waals surface area contributed by atoms with Gasteiger partial charge >= 0.3 is 8.56 Å². The minimum absolute atomic E-state index is 1.09. The average molecular weight is 307 g/mol. The van der Waals surface area contributed by atoms with Gasteiger partial charge in [-0.05, 0) is 39.3 Å². The molecule has 0 aliphatic carbocycles. The maximum atomic E-state index is 5.76. The van der Waals surface area contributed by atoms with E-state index in [9.17, 15) is 0 Å². The molecule has 4 nitrogen and oxygen atoms in total. The lowest BCUT2D eigenvalue weighted by Gasteiger charge is -2.48. The Labute approximate surface area is 122 Å². The highest BCUT2D eigenvalue weighted by molar-refractivity contribution is 6.88. The summed E-state index contributed by atoms with van der Waals surface area (Å²) in [7, 11) is -0.151. The molecule has 0 radical (unpaired) electrons. The lowest BCUT2D eigenvalue weighted by atomic mass is 10.7. The van der Waals surface area contributed by atoms with Crippen LogP contribution in [0.2, 0.25) is 18.8 Å². The fourth-order valence-corrected chi connectivity index (χ4v) is 14.2. The van der Waals surface area contributed by atoms with Crippen molar-refractivity contribution in [3.8, 4) is 0 Å². The molecule has 0 heterocycles. The third-order valence-corrected chi connectivity index (χ3v) is 15.4. The van der Waals surface area contributed by atoms with Crippen LogP contribution in [0.5, 0.6) is 0 Å². The van der Waals surface area contributed by atoms with E-state index in [0.29, 0.717) is 0 Å². The Morgan fingerprint density at radius 3 is 1.26 bits per heavy atom. The van der Waals surface area contributed by atoms with Gasteiger partial charge < -0.3 is 18.0 Å². The molecular formula is C13H34N2O2Si2. The number of nitrogens with zero attached hydrogens (tertiary/aromatic N) is 2. The summed E-state index contributed by atoms with van der Waals surface area (Å²) in [6.07, 6.45) is 0. The van der Waals surface area contributed by atoms with Gasteiger partial charge in [-0.15, -0.1) is 0 Å². The predicted octanol–water partition coefficient (Wildman–Crippen LogP) is 2.65. The Morgan fingerprint density at radius 1 is 0.737 bits per heavy atom. The lowest BCUT2D eigenvalue weighted by Crippen LogP contribution is -2.67. The van der Waals surface area contributed by atoms with Crippen molar-refractivity contribution in [3.05, 3.63) is 0 Å². The second-order valence-corrected chi connectivity index (χ2v) is 13.5. The van der Waals surface area contributed by atoms with Crippen molar-refractivity contribution in [1.82, 2.24) is 9.13 Å². The SMILES string of the molecule is CCN(CC)[Si](C)(C[Si](C)(OC)OC)N(CC)CC. The van der Waals surface area contributed by atoms with Crippen molar-refractivity contribution < 1.29 is 8.85 Å². The Balaban J connectivity index is 5.37. The predicted molar refractivity (Wildman–Crippen MR) is 87.9 cm³/mol. The molecule has 0 aromatic carbocycles. The molecule has 0 bridgehead atoms. The topological polar surface area (TPSA) is 24.9 Å². The molecule has 0 saturated heterocycles. The van der Waals surface area contributed by atoms with Crippen LogP contribution in [-0.2, 0) is 8.85 Å². The summed E-state index contributed by atoms with van der Waals surface area (Å²) >= 11 is 0. The highest BCUT2D eigenvalue weighted by Crippen LogP contribution is 2.27. The fourth-order valence-electron chi connectivity index (χ4n) is 3.07. The molecule has 0 rings (SSSR count). The minimum Gasteiger partial charge on any atom is -0.398 e. The number of rotatable bonds is 10. The van der Waals surface area contributed by atoms with E-state index in [0.717, 1.165) is 31.8 Å². The molecule has 0 N–H and O–H groups in total. The lowest BCUT2D eigenvalue weighted by molar-refractivity contribution is 0.249. The Morgan fingerprint density at radius 2 is 1.05 bits per heavy atom. The Bertz CT molecular complexity index is 231. The number of hydrogen-bond acceptors (Lipinski definition) is 4. The molecule has 0 saturated carbocycles. The molecular weight excluding hydrogens is 272 g/mol. The van der Waals surface area contributed by atoms with Crippen LogP contribution in [-0.4, -0.2) is 66.5 Å². The van der Waals surface area contributed by atoms with Gasteiger partial charge in [-0.3, -0.25) is 0 Å². The summed E-state index contributed by atoms with van der Waals surface area (Å²) in [5, 5.41) is 0. The maximum absolute atomic E-state index is 5.76. The first-order valence-corrected chi connectivity index (χ1v) is 12.6. The van der Waals surface area contributed by atoms with Gasteiger partial charge in [-0.1, -0.05) is 27.7 Å². The van der Waals surface area contributed by atoms with Gasteiger partial charge in [0.15, 0.2) is 0 Å². The van der Waals surface area contributed by atoms with Gasteiger partial charge in [0.25, 0.3) is 0 Å². The first-order chi connectivity index (χ1) is 8.87. The van der Waals surface area contributed by atoms with Crippen LogP contribution in [0.1, 0.15) is 27.7 Å². The zero-order valence-electron chi connectivity index (χ0n) is 14.2. The number of hydrogen-bond donors (Lipinski definition) is 0. The van der Waals surface area contributed by atoms with Crippen LogP contribution in [0.15, 0.2) is 0 Å². The Hall–Kier alpha value is 0.274. The molecule has 0 aliphatic rings. The van der Waals surface area contributed by atoms with Crippen molar-refractivity contribution >= 4 is 17.0 Å². The quantitative estimate of drug-likeness (QED) is 0.579. The summed E-state index contributed by atoms with van der Waals surface area (Å²) in [5.41, 5.74) is 1.09. The molecule has 0 fully saturated rings. The summed E-state index contributed by atoms with van der Waals surface area (Å²) in [5.74, 6) is 0. The van der Waals surface area contributed by atoms with Gasteiger partial charge in [0.05, 0.1) is 0 Å². The van der Waals surface area contributed by atoms with Crippen LogP contribution >= 0.6 is 0 Å². The molecule has 0 aliphatic heterocycles. The van der Waals surface area contributed by atoms with Crippen LogP contribution in [0.25, 0.3) is 0 Å². The fraction of sp³-hybridized carbons (Fsp3) is 1.00. The van der Waals surface area contributed by atoms with Crippen LogP contribution in [0.3, 0.4) is 0 Å². The second-order valence-electron chi connectivity index (χ2n) is 5.28. The highest BCUT2D eigenvalue weighted by atomic mass is 28.4. The zero-order chi connectivity index (χ0) is 15.1. The van der Waals surface area contributed by atoms with Crippen LogP contribution in [0.4, 0.5) is 0 Å². The maximum Gasteiger partial charge on any atom is 0.334 e. The third kappa shape index (κ3) is 4.65. The van der Waals surface area contributed by atoms with Crippen LogP contribution < -0.4 is 0 Å². The molecule has 0 aromatic heterocycles. The standard InChI is InChI=1S/C13H34N2O2Si2/c1-9-14(10-2)18(7,15(11-3)12-4)13-19(8,16-5)17-6/h9-13H2,1-8H3. The van der Waals surface area contributed by atoms with E-state index >= 15 is 0 Å². The van der Waals surface area contributed by atoms with Gasteiger partial charge in [0, 0.05) is 19.9 Å². The van der Waals surface area contributed by atoms with E-state index < -0.39 is 17.0 Å².